The number of esters is 1. The highest BCUT2D eigenvalue weighted by molar-refractivity contribution is 5.81. The fraction of sp³-hybridized carbons (Fsp3) is 0.308. The maximum absolute atomic E-state index is 12.1. The SMILES string of the molecule is CCOC(=O)/C=C/Cn1ccn2nc(C)cc2c1=O. The number of carbonyl (C=O) groups is 1. The van der Waals surface area contributed by atoms with Gasteiger partial charge in [0.1, 0.15) is 5.52 Å². The standard InChI is InChI=1S/C13H15N3O3/c1-3-19-12(17)5-4-6-15-7-8-16-11(13(15)18)9-10(2)14-16/h4-5,7-9H,3,6H2,1-2H3/b5-4+. The third-order valence-corrected chi connectivity index (χ3v) is 2.57. The Balaban J connectivity index is 2.20. The molecule has 2 heterocycles. The molecule has 0 N–H and O–H groups in total. The molecule has 0 saturated heterocycles. The van der Waals surface area contributed by atoms with Crippen LogP contribution in [0.4, 0.5) is 0 Å². The van der Waals surface area contributed by atoms with E-state index in [1.54, 1.807) is 36.0 Å². The molecule has 0 aliphatic heterocycles. The van der Waals surface area contributed by atoms with Gasteiger partial charge in [-0.25, -0.2) is 9.31 Å². The van der Waals surface area contributed by atoms with Gasteiger partial charge in [0.15, 0.2) is 0 Å². The number of aromatic nitrogens is 3. The van der Waals surface area contributed by atoms with E-state index in [1.807, 2.05) is 6.92 Å². The van der Waals surface area contributed by atoms with E-state index in [9.17, 15) is 9.59 Å². The minimum Gasteiger partial charge on any atom is -0.463 e. The number of rotatable bonds is 4. The molecule has 0 amide bonds. The molecule has 0 radical (unpaired) electrons. The van der Waals surface area contributed by atoms with E-state index in [4.69, 9.17) is 4.74 Å². The van der Waals surface area contributed by atoms with Crippen LogP contribution >= 0.6 is 0 Å². The van der Waals surface area contributed by atoms with Gasteiger partial charge in [-0.1, -0.05) is 6.08 Å². The molecule has 6 nitrogen and oxygen atoms in total. The van der Waals surface area contributed by atoms with Gasteiger partial charge in [0.25, 0.3) is 5.56 Å². The Kier molecular flexibility index (Phi) is 3.79. The molecule has 2 aromatic rings. The molecule has 0 saturated carbocycles. The van der Waals surface area contributed by atoms with Gasteiger partial charge in [-0.2, -0.15) is 5.10 Å². The summed E-state index contributed by atoms with van der Waals surface area (Å²) in [4.78, 5) is 23.2. The maximum Gasteiger partial charge on any atom is 0.330 e. The fourth-order valence-corrected chi connectivity index (χ4v) is 1.75. The predicted molar refractivity (Wildman–Crippen MR) is 70.0 cm³/mol. The van der Waals surface area contributed by atoms with Gasteiger partial charge < -0.3 is 9.30 Å². The van der Waals surface area contributed by atoms with E-state index in [-0.39, 0.29) is 5.56 Å². The van der Waals surface area contributed by atoms with Gasteiger partial charge in [-0.3, -0.25) is 4.79 Å². The van der Waals surface area contributed by atoms with Crippen LogP contribution < -0.4 is 5.56 Å². The first-order valence-corrected chi connectivity index (χ1v) is 6.00. The molecule has 0 aliphatic carbocycles. The zero-order chi connectivity index (χ0) is 13.8. The lowest BCUT2D eigenvalue weighted by atomic mass is 10.4. The normalized spacial score (nSPS) is 11.3. The molecule has 0 bridgehead atoms. The quantitative estimate of drug-likeness (QED) is 0.606. The molecule has 0 atom stereocenters. The second-order valence-electron chi connectivity index (χ2n) is 4.03. The van der Waals surface area contributed by atoms with E-state index in [2.05, 4.69) is 5.10 Å². The number of allylic oxidation sites excluding steroid dienone is 1. The predicted octanol–water partition coefficient (Wildman–Crippen LogP) is 0.924. The Morgan fingerprint density at radius 2 is 2.26 bits per heavy atom. The monoisotopic (exact) mass is 261 g/mol. The number of ether oxygens (including phenoxy) is 1. The van der Waals surface area contributed by atoms with Crippen molar-refractivity contribution in [3.05, 3.63) is 46.7 Å². The number of hydrogen-bond donors (Lipinski definition) is 0. The number of carbonyl (C=O) groups excluding carboxylic acids is 1. The molecule has 19 heavy (non-hydrogen) atoms. The first kappa shape index (κ1) is 13.1. The first-order chi connectivity index (χ1) is 9.11. The minimum absolute atomic E-state index is 0.142. The molecule has 0 fully saturated rings. The summed E-state index contributed by atoms with van der Waals surface area (Å²) in [6, 6.07) is 1.73. The van der Waals surface area contributed by atoms with E-state index in [0.717, 1.165) is 5.69 Å². The summed E-state index contributed by atoms with van der Waals surface area (Å²) in [7, 11) is 0. The number of hydrogen-bond acceptors (Lipinski definition) is 4. The molecule has 0 unspecified atom stereocenters. The lowest BCUT2D eigenvalue weighted by Gasteiger charge is -2.02. The number of nitrogens with zero attached hydrogens (tertiary/aromatic N) is 3. The van der Waals surface area contributed by atoms with Crippen molar-refractivity contribution in [1.82, 2.24) is 14.2 Å². The Hall–Kier alpha value is -2.37. The Bertz CT molecular complexity index is 682. The van der Waals surface area contributed by atoms with Crippen LogP contribution in [0.5, 0.6) is 0 Å². The van der Waals surface area contributed by atoms with E-state index in [1.165, 1.54) is 10.6 Å². The highest BCUT2D eigenvalue weighted by atomic mass is 16.5. The first-order valence-electron chi connectivity index (χ1n) is 6.00. The summed E-state index contributed by atoms with van der Waals surface area (Å²) in [5.41, 5.74) is 1.16. The molecule has 6 heteroatoms. The summed E-state index contributed by atoms with van der Waals surface area (Å²) < 4.78 is 7.81. The molecule has 2 aromatic heterocycles. The highest BCUT2D eigenvalue weighted by Crippen LogP contribution is 1.99. The minimum atomic E-state index is -0.406. The van der Waals surface area contributed by atoms with E-state index in [0.29, 0.717) is 18.7 Å². The van der Waals surface area contributed by atoms with Gasteiger partial charge in [0, 0.05) is 25.0 Å². The number of aryl methyl sites for hydroxylation is 1. The lowest BCUT2D eigenvalue weighted by molar-refractivity contribution is -0.137. The number of fused-ring (bicyclic) bond motifs is 1. The molecular weight excluding hydrogens is 246 g/mol. The Labute approximate surface area is 109 Å². The van der Waals surface area contributed by atoms with Crippen LogP contribution in [0.25, 0.3) is 5.52 Å². The van der Waals surface area contributed by atoms with Crippen molar-refractivity contribution in [2.24, 2.45) is 0 Å². The Morgan fingerprint density at radius 1 is 1.47 bits per heavy atom. The fourth-order valence-electron chi connectivity index (χ4n) is 1.75. The molecular formula is C13H15N3O3. The second-order valence-corrected chi connectivity index (χ2v) is 4.03. The van der Waals surface area contributed by atoms with Gasteiger partial charge in [-0.15, -0.1) is 0 Å². The van der Waals surface area contributed by atoms with Crippen molar-refractivity contribution in [1.29, 1.82) is 0 Å². The van der Waals surface area contributed by atoms with Crippen LogP contribution in [-0.4, -0.2) is 26.8 Å². The average molecular weight is 261 g/mol. The average Bonchev–Trinajstić information content (AvgIpc) is 2.74. The highest BCUT2D eigenvalue weighted by Gasteiger charge is 2.04. The van der Waals surface area contributed by atoms with Crippen LogP contribution in [0.3, 0.4) is 0 Å². The third-order valence-electron chi connectivity index (χ3n) is 2.57. The van der Waals surface area contributed by atoms with Crippen molar-refractivity contribution in [3.8, 4) is 0 Å². The molecule has 2 rings (SSSR count). The van der Waals surface area contributed by atoms with Crippen molar-refractivity contribution in [2.45, 2.75) is 20.4 Å². The molecule has 100 valence electrons. The van der Waals surface area contributed by atoms with Crippen molar-refractivity contribution in [3.63, 3.8) is 0 Å². The lowest BCUT2D eigenvalue weighted by Crippen LogP contribution is -2.20. The van der Waals surface area contributed by atoms with E-state index < -0.39 is 5.97 Å². The molecule has 0 spiro atoms. The largest absolute Gasteiger partial charge is 0.463 e. The van der Waals surface area contributed by atoms with Gasteiger partial charge >= 0.3 is 5.97 Å². The van der Waals surface area contributed by atoms with Gasteiger partial charge in [-0.05, 0) is 19.9 Å². The topological polar surface area (TPSA) is 65.6 Å². The van der Waals surface area contributed by atoms with Gasteiger partial charge in [0.2, 0.25) is 0 Å². The van der Waals surface area contributed by atoms with Crippen LogP contribution in [0, 0.1) is 6.92 Å². The summed E-state index contributed by atoms with van der Waals surface area (Å²) in [6.45, 7) is 4.23. The third kappa shape index (κ3) is 2.90. The van der Waals surface area contributed by atoms with Crippen molar-refractivity contribution in [2.75, 3.05) is 6.61 Å². The van der Waals surface area contributed by atoms with Crippen LogP contribution in [0.15, 0.2) is 35.4 Å². The summed E-state index contributed by atoms with van der Waals surface area (Å²) >= 11 is 0. The van der Waals surface area contributed by atoms with Crippen LogP contribution in [-0.2, 0) is 16.1 Å². The van der Waals surface area contributed by atoms with Crippen molar-refractivity contribution >= 4 is 11.5 Å². The molecule has 0 aromatic carbocycles. The zero-order valence-corrected chi connectivity index (χ0v) is 10.9. The van der Waals surface area contributed by atoms with E-state index >= 15 is 0 Å². The zero-order valence-electron chi connectivity index (χ0n) is 10.9. The molecule has 0 aliphatic rings. The summed E-state index contributed by atoms with van der Waals surface area (Å²) in [5.74, 6) is -0.406. The maximum atomic E-state index is 12.1. The van der Waals surface area contributed by atoms with Crippen LogP contribution in [0.2, 0.25) is 0 Å². The Morgan fingerprint density at radius 3 is 3.00 bits per heavy atom. The smallest absolute Gasteiger partial charge is 0.330 e. The summed E-state index contributed by atoms with van der Waals surface area (Å²) in [6.07, 6.45) is 6.26. The summed E-state index contributed by atoms with van der Waals surface area (Å²) in [5, 5.41) is 4.16. The second kappa shape index (κ2) is 5.51. The van der Waals surface area contributed by atoms with Gasteiger partial charge in [0.05, 0.1) is 12.3 Å². The van der Waals surface area contributed by atoms with Crippen molar-refractivity contribution < 1.29 is 9.53 Å². The van der Waals surface area contributed by atoms with Crippen LogP contribution in [0.1, 0.15) is 12.6 Å².